The molecule has 0 radical (unpaired) electrons. The first-order valence-electron chi connectivity index (χ1n) is 6.82. The summed E-state index contributed by atoms with van der Waals surface area (Å²) < 4.78 is 25.5. The molecule has 0 aliphatic carbocycles. The summed E-state index contributed by atoms with van der Waals surface area (Å²) in [5.41, 5.74) is 0.662. The minimum Gasteiger partial charge on any atom is -0.478 e. The Hall–Kier alpha value is -2.09. The van der Waals surface area contributed by atoms with Crippen LogP contribution in [0.4, 0.5) is 4.79 Å². The molecule has 3 N–H and O–H groups in total. The number of carboxylic acids is 1. The first-order valence-corrected chi connectivity index (χ1v) is 8.37. The molecule has 0 saturated carbocycles. The number of aromatic carboxylic acids is 1. The fraction of sp³-hybridized carbons (Fsp3) is 0.429. The van der Waals surface area contributed by atoms with Crippen molar-refractivity contribution < 1.29 is 23.1 Å². The Morgan fingerprint density at radius 1 is 1.27 bits per heavy atom. The highest BCUT2D eigenvalue weighted by molar-refractivity contribution is 7.90. The molecule has 1 aromatic rings. The summed E-state index contributed by atoms with van der Waals surface area (Å²) in [6.07, 6.45) is 0.388. The Kier molecular flexibility index (Phi) is 5.92. The molecule has 1 aromatic carbocycles. The van der Waals surface area contributed by atoms with Crippen molar-refractivity contribution in [3.8, 4) is 0 Å². The number of benzene rings is 1. The molecule has 0 aromatic heterocycles. The van der Waals surface area contributed by atoms with Gasteiger partial charge in [-0.2, -0.15) is 0 Å². The fourth-order valence-corrected chi connectivity index (χ4v) is 2.66. The number of urea groups is 1. The van der Waals surface area contributed by atoms with E-state index in [1.807, 2.05) is 4.72 Å². The fourth-order valence-electron chi connectivity index (χ4n) is 1.70. The van der Waals surface area contributed by atoms with Gasteiger partial charge in [-0.25, -0.2) is 22.7 Å². The molecule has 8 heteroatoms. The molecule has 2 unspecified atom stereocenters. The molecule has 0 saturated heterocycles. The third kappa shape index (κ3) is 4.73. The number of carboxylic acid groups (broad SMARTS) is 1. The third-order valence-corrected chi connectivity index (χ3v) is 5.18. The minimum absolute atomic E-state index is 0.0961. The van der Waals surface area contributed by atoms with Crippen molar-refractivity contribution in [1.82, 2.24) is 10.0 Å². The first-order chi connectivity index (χ1) is 10.2. The Morgan fingerprint density at radius 3 is 2.45 bits per heavy atom. The van der Waals surface area contributed by atoms with Crippen LogP contribution >= 0.6 is 0 Å². The van der Waals surface area contributed by atoms with Crippen LogP contribution in [-0.2, 0) is 10.0 Å². The molecule has 7 nitrogen and oxygen atoms in total. The van der Waals surface area contributed by atoms with Gasteiger partial charge in [-0.3, -0.25) is 0 Å². The van der Waals surface area contributed by atoms with Gasteiger partial charge in [0, 0.05) is 0 Å². The molecule has 0 aliphatic heterocycles. The lowest BCUT2D eigenvalue weighted by atomic mass is 10.1. The van der Waals surface area contributed by atoms with Crippen LogP contribution in [0.15, 0.2) is 24.3 Å². The van der Waals surface area contributed by atoms with Crippen molar-refractivity contribution in [3.05, 3.63) is 35.4 Å². The van der Waals surface area contributed by atoms with Crippen molar-refractivity contribution in [2.75, 3.05) is 0 Å². The van der Waals surface area contributed by atoms with Crippen LogP contribution in [0.5, 0.6) is 0 Å². The maximum Gasteiger partial charge on any atom is 0.335 e. The Labute approximate surface area is 129 Å². The predicted molar refractivity (Wildman–Crippen MR) is 82.2 cm³/mol. The summed E-state index contributed by atoms with van der Waals surface area (Å²) >= 11 is 0. The van der Waals surface area contributed by atoms with Crippen LogP contribution in [0.2, 0.25) is 0 Å². The van der Waals surface area contributed by atoms with Crippen LogP contribution in [-0.4, -0.2) is 30.8 Å². The number of carbonyl (C=O) groups is 2. The highest BCUT2D eigenvalue weighted by atomic mass is 32.2. The second-order valence-electron chi connectivity index (χ2n) is 4.99. The van der Waals surface area contributed by atoms with E-state index in [-0.39, 0.29) is 5.56 Å². The summed E-state index contributed by atoms with van der Waals surface area (Å²) in [4.78, 5) is 22.7. The Balaban J connectivity index is 2.76. The van der Waals surface area contributed by atoms with Crippen molar-refractivity contribution in [2.45, 2.75) is 38.5 Å². The van der Waals surface area contributed by atoms with Crippen molar-refractivity contribution in [1.29, 1.82) is 0 Å². The van der Waals surface area contributed by atoms with E-state index in [9.17, 15) is 18.0 Å². The molecule has 0 heterocycles. The summed E-state index contributed by atoms with van der Waals surface area (Å²) in [6.45, 7) is 4.85. The van der Waals surface area contributed by atoms with Crippen LogP contribution in [0.3, 0.4) is 0 Å². The van der Waals surface area contributed by atoms with E-state index in [0.717, 1.165) is 0 Å². The zero-order valence-corrected chi connectivity index (χ0v) is 13.5. The molecule has 2 atom stereocenters. The van der Waals surface area contributed by atoms with E-state index in [2.05, 4.69) is 5.32 Å². The number of hydrogen-bond donors (Lipinski definition) is 3. The second kappa shape index (κ2) is 7.26. The molecule has 122 valence electrons. The number of sulfonamides is 1. The lowest BCUT2D eigenvalue weighted by molar-refractivity contribution is 0.0696. The van der Waals surface area contributed by atoms with Crippen molar-refractivity contribution in [2.24, 2.45) is 0 Å². The van der Waals surface area contributed by atoms with Gasteiger partial charge in [-0.1, -0.05) is 19.1 Å². The number of nitrogens with one attached hydrogen (secondary N) is 2. The maximum atomic E-state index is 11.8. The van der Waals surface area contributed by atoms with Gasteiger partial charge in [0.25, 0.3) is 0 Å². The van der Waals surface area contributed by atoms with Gasteiger partial charge in [-0.05, 0) is 38.0 Å². The summed E-state index contributed by atoms with van der Waals surface area (Å²) in [5.74, 6) is -1.07. The molecule has 22 heavy (non-hydrogen) atoms. The molecule has 2 amide bonds. The topological polar surface area (TPSA) is 113 Å². The van der Waals surface area contributed by atoms with Crippen molar-refractivity contribution >= 4 is 22.0 Å². The number of amides is 2. The SMILES string of the molecule is CCC(C)S(=O)(=O)NC(=O)NC(C)c1cccc(C(=O)O)c1. The first kappa shape index (κ1) is 18.0. The zero-order valence-electron chi connectivity index (χ0n) is 12.7. The van der Waals surface area contributed by atoms with Gasteiger partial charge >= 0.3 is 12.0 Å². The lowest BCUT2D eigenvalue weighted by Gasteiger charge is -2.17. The van der Waals surface area contributed by atoms with Crippen LogP contribution in [0, 0.1) is 0 Å². The van der Waals surface area contributed by atoms with Gasteiger partial charge in [0.1, 0.15) is 0 Å². The minimum atomic E-state index is -3.72. The quantitative estimate of drug-likeness (QED) is 0.738. The monoisotopic (exact) mass is 328 g/mol. The molecular formula is C14H20N2O5S. The smallest absolute Gasteiger partial charge is 0.335 e. The molecule has 0 spiro atoms. The Bertz CT molecular complexity index is 657. The molecule has 0 fully saturated rings. The van der Waals surface area contributed by atoms with Crippen LogP contribution in [0.25, 0.3) is 0 Å². The summed E-state index contributed by atoms with van der Waals surface area (Å²) in [5, 5.41) is 10.7. The highest BCUT2D eigenvalue weighted by Gasteiger charge is 2.22. The zero-order chi connectivity index (χ0) is 16.9. The Morgan fingerprint density at radius 2 is 1.91 bits per heavy atom. The second-order valence-corrected chi connectivity index (χ2v) is 7.09. The number of carbonyl (C=O) groups excluding carboxylic acids is 1. The van der Waals surface area contributed by atoms with E-state index in [1.54, 1.807) is 26.0 Å². The highest BCUT2D eigenvalue weighted by Crippen LogP contribution is 2.14. The molecule has 0 bridgehead atoms. The van der Waals surface area contributed by atoms with Gasteiger partial charge in [-0.15, -0.1) is 0 Å². The third-order valence-electron chi connectivity index (χ3n) is 3.32. The maximum absolute atomic E-state index is 11.8. The van der Waals surface area contributed by atoms with Crippen molar-refractivity contribution in [3.63, 3.8) is 0 Å². The van der Waals surface area contributed by atoms with E-state index >= 15 is 0 Å². The van der Waals surface area contributed by atoms with Gasteiger partial charge < -0.3 is 10.4 Å². The molecule has 1 rings (SSSR count). The molecular weight excluding hydrogens is 308 g/mol. The van der Waals surface area contributed by atoms with Crippen LogP contribution in [0.1, 0.15) is 49.2 Å². The van der Waals surface area contributed by atoms with Crippen LogP contribution < -0.4 is 10.0 Å². The van der Waals surface area contributed by atoms with E-state index < -0.39 is 33.3 Å². The predicted octanol–water partition coefficient (Wildman–Crippen LogP) is 1.87. The van der Waals surface area contributed by atoms with E-state index in [4.69, 9.17) is 5.11 Å². The van der Waals surface area contributed by atoms with E-state index in [0.29, 0.717) is 12.0 Å². The lowest BCUT2D eigenvalue weighted by Crippen LogP contribution is -2.43. The molecule has 0 aliphatic rings. The standard InChI is InChI=1S/C14H20N2O5S/c1-4-9(2)22(20,21)16-14(19)15-10(3)11-6-5-7-12(8-11)13(17)18/h5-10H,4H2,1-3H3,(H,17,18)(H2,15,16,19). The average Bonchev–Trinajstić information content (AvgIpc) is 2.45. The summed E-state index contributed by atoms with van der Waals surface area (Å²) in [7, 11) is -3.72. The van der Waals surface area contributed by atoms with Gasteiger partial charge in [0.05, 0.1) is 16.9 Å². The number of hydrogen-bond acceptors (Lipinski definition) is 4. The largest absolute Gasteiger partial charge is 0.478 e. The van der Waals surface area contributed by atoms with Gasteiger partial charge in [0.2, 0.25) is 10.0 Å². The normalized spacial score (nSPS) is 14.0. The number of rotatable bonds is 6. The average molecular weight is 328 g/mol. The van der Waals surface area contributed by atoms with Gasteiger partial charge in [0.15, 0.2) is 0 Å². The van der Waals surface area contributed by atoms with E-state index in [1.165, 1.54) is 19.1 Å². The summed E-state index contributed by atoms with van der Waals surface area (Å²) in [6, 6.07) is 4.70.